The molecule has 2 aromatic heterocycles. The lowest BCUT2D eigenvalue weighted by Gasteiger charge is -2.15. The average molecular weight is 342 g/mol. The molecule has 1 fully saturated rings. The van der Waals surface area contributed by atoms with Crippen molar-refractivity contribution in [3.8, 4) is 10.6 Å². The highest BCUT2D eigenvalue weighted by atomic mass is 32.1. The molecule has 23 heavy (non-hydrogen) atoms. The minimum absolute atomic E-state index is 0.201. The Morgan fingerprint density at radius 3 is 2.78 bits per heavy atom. The van der Waals surface area contributed by atoms with Gasteiger partial charge in [0.15, 0.2) is 0 Å². The fraction of sp³-hybridized carbons (Fsp3) is 0.278. The van der Waals surface area contributed by atoms with Crippen molar-refractivity contribution in [2.24, 2.45) is 5.73 Å². The fourth-order valence-electron chi connectivity index (χ4n) is 3.22. The number of likely N-dealkylation sites (tertiary alicyclic amines) is 1. The molecule has 118 valence electrons. The minimum Gasteiger partial charge on any atom is -0.326 e. The molecule has 5 heteroatoms. The monoisotopic (exact) mass is 341 g/mol. The molecule has 2 N–H and O–H groups in total. The first-order chi connectivity index (χ1) is 11.3. The van der Waals surface area contributed by atoms with Gasteiger partial charge in [0.05, 0.1) is 5.69 Å². The molecule has 1 aliphatic rings. The molecule has 3 aromatic rings. The second kappa shape index (κ2) is 6.53. The van der Waals surface area contributed by atoms with Crippen molar-refractivity contribution >= 4 is 22.7 Å². The highest BCUT2D eigenvalue weighted by molar-refractivity contribution is 7.14. The molecule has 4 rings (SSSR count). The second-order valence-corrected chi connectivity index (χ2v) is 7.67. The van der Waals surface area contributed by atoms with Crippen molar-refractivity contribution in [2.45, 2.75) is 18.5 Å². The molecule has 0 spiro atoms. The summed E-state index contributed by atoms with van der Waals surface area (Å²) in [6.07, 6.45) is 0. The van der Waals surface area contributed by atoms with Crippen molar-refractivity contribution in [1.82, 2.24) is 9.88 Å². The van der Waals surface area contributed by atoms with Crippen molar-refractivity contribution in [3.63, 3.8) is 0 Å². The molecular formula is C18H19N3S2. The van der Waals surface area contributed by atoms with Crippen molar-refractivity contribution in [3.05, 3.63) is 63.8 Å². The fourth-order valence-corrected chi connectivity index (χ4v) is 4.75. The standard InChI is InChI=1S/C18H19N3S2/c19-17-10-21(9-16(17)13-4-2-1-3-5-13)8-15-12-23-18(20-15)14-6-7-22-11-14/h1-7,11-12,16-17H,8-10,19H2/t16-,17+/m0/s1. The van der Waals surface area contributed by atoms with Crippen LogP contribution in [0.3, 0.4) is 0 Å². The van der Waals surface area contributed by atoms with E-state index in [1.165, 1.54) is 11.1 Å². The molecule has 2 atom stereocenters. The largest absolute Gasteiger partial charge is 0.326 e. The summed E-state index contributed by atoms with van der Waals surface area (Å²) >= 11 is 3.44. The summed E-state index contributed by atoms with van der Waals surface area (Å²) in [6.45, 7) is 2.83. The quantitative estimate of drug-likeness (QED) is 0.785. The highest BCUT2D eigenvalue weighted by Crippen LogP contribution is 2.29. The van der Waals surface area contributed by atoms with Gasteiger partial charge in [0, 0.05) is 47.9 Å². The summed E-state index contributed by atoms with van der Waals surface area (Å²) in [5.41, 5.74) is 10.1. The Labute approximate surface area is 144 Å². The van der Waals surface area contributed by atoms with Crippen LogP contribution in [-0.2, 0) is 6.54 Å². The molecule has 1 saturated heterocycles. The van der Waals surface area contributed by atoms with E-state index in [4.69, 9.17) is 10.7 Å². The zero-order valence-electron chi connectivity index (χ0n) is 12.8. The summed E-state index contributed by atoms with van der Waals surface area (Å²) in [6, 6.07) is 13.0. The molecule has 3 nitrogen and oxygen atoms in total. The number of thiazole rings is 1. The van der Waals surface area contributed by atoms with E-state index in [2.05, 4.69) is 57.4 Å². The Hall–Kier alpha value is -1.53. The van der Waals surface area contributed by atoms with E-state index >= 15 is 0 Å². The van der Waals surface area contributed by atoms with Gasteiger partial charge < -0.3 is 5.73 Å². The topological polar surface area (TPSA) is 42.1 Å². The Morgan fingerprint density at radius 2 is 2.00 bits per heavy atom. The van der Waals surface area contributed by atoms with Crippen LogP contribution in [0.1, 0.15) is 17.2 Å². The maximum Gasteiger partial charge on any atom is 0.124 e. The van der Waals surface area contributed by atoms with E-state index in [1.54, 1.807) is 22.7 Å². The zero-order chi connectivity index (χ0) is 15.6. The van der Waals surface area contributed by atoms with Crippen LogP contribution in [0, 0.1) is 0 Å². The van der Waals surface area contributed by atoms with Crippen molar-refractivity contribution in [2.75, 3.05) is 13.1 Å². The van der Waals surface area contributed by atoms with Gasteiger partial charge in [0.25, 0.3) is 0 Å². The van der Waals surface area contributed by atoms with Crippen LogP contribution < -0.4 is 5.73 Å². The van der Waals surface area contributed by atoms with Crippen LogP contribution in [0.4, 0.5) is 0 Å². The lowest BCUT2D eigenvalue weighted by Crippen LogP contribution is -2.28. The predicted octanol–water partition coefficient (Wildman–Crippen LogP) is 3.80. The van der Waals surface area contributed by atoms with Crippen LogP contribution >= 0.6 is 22.7 Å². The molecule has 0 bridgehead atoms. The summed E-state index contributed by atoms with van der Waals surface area (Å²) in [5.74, 6) is 0.422. The first-order valence-corrected chi connectivity index (χ1v) is 9.62. The Morgan fingerprint density at radius 1 is 1.13 bits per heavy atom. The Kier molecular flexibility index (Phi) is 4.27. The van der Waals surface area contributed by atoms with Crippen LogP contribution in [0.15, 0.2) is 52.5 Å². The van der Waals surface area contributed by atoms with Gasteiger partial charge in [-0.1, -0.05) is 30.3 Å². The van der Waals surface area contributed by atoms with Gasteiger partial charge in [0.2, 0.25) is 0 Å². The smallest absolute Gasteiger partial charge is 0.124 e. The zero-order valence-corrected chi connectivity index (χ0v) is 14.4. The van der Waals surface area contributed by atoms with Crippen molar-refractivity contribution < 1.29 is 0 Å². The number of hydrogen-bond acceptors (Lipinski definition) is 5. The SMILES string of the molecule is N[C@@H]1CN(Cc2csc(-c3ccsc3)n2)C[C@H]1c1ccccc1. The third-order valence-corrected chi connectivity index (χ3v) is 6.00. The summed E-state index contributed by atoms with van der Waals surface area (Å²) < 4.78 is 0. The van der Waals surface area contributed by atoms with E-state index in [-0.39, 0.29) is 6.04 Å². The predicted molar refractivity (Wildman–Crippen MR) is 97.9 cm³/mol. The first-order valence-electron chi connectivity index (χ1n) is 7.79. The number of rotatable bonds is 4. The minimum atomic E-state index is 0.201. The number of aromatic nitrogens is 1. The second-order valence-electron chi connectivity index (χ2n) is 6.03. The van der Waals surface area contributed by atoms with E-state index < -0.39 is 0 Å². The Balaban J connectivity index is 1.44. The molecule has 0 aliphatic carbocycles. The molecule has 0 radical (unpaired) electrons. The average Bonchev–Trinajstić information content (AvgIpc) is 3.29. The maximum absolute atomic E-state index is 6.38. The molecular weight excluding hydrogens is 322 g/mol. The number of nitrogens with zero attached hydrogens (tertiary/aromatic N) is 2. The van der Waals surface area contributed by atoms with Gasteiger partial charge in [-0.3, -0.25) is 4.90 Å². The number of hydrogen-bond donors (Lipinski definition) is 1. The van der Waals surface area contributed by atoms with Gasteiger partial charge in [-0.15, -0.1) is 11.3 Å². The van der Waals surface area contributed by atoms with E-state index in [9.17, 15) is 0 Å². The van der Waals surface area contributed by atoms with Crippen LogP contribution in [-0.4, -0.2) is 29.0 Å². The summed E-state index contributed by atoms with van der Waals surface area (Å²) in [5, 5.41) is 7.54. The van der Waals surface area contributed by atoms with Crippen LogP contribution in [0.5, 0.6) is 0 Å². The normalized spacial score (nSPS) is 21.8. The lowest BCUT2D eigenvalue weighted by atomic mass is 9.95. The Bertz CT molecular complexity index is 752. The first kappa shape index (κ1) is 15.0. The maximum atomic E-state index is 6.38. The molecule has 0 unspecified atom stereocenters. The van der Waals surface area contributed by atoms with Gasteiger partial charge in [-0.05, 0) is 17.0 Å². The molecule has 0 saturated carbocycles. The van der Waals surface area contributed by atoms with Gasteiger partial charge in [0.1, 0.15) is 5.01 Å². The molecule has 3 heterocycles. The third kappa shape index (κ3) is 3.23. The number of nitrogens with two attached hydrogens (primary N) is 1. The molecule has 0 amide bonds. The van der Waals surface area contributed by atoms with Gasteiger partial charge >= 0.3 is 0 Å². The highest BCUT2D eigenvalue weighted by Gasteiger charge is 2.31. The summed E-state index contributed by atoms with van der Waals surface area (Å²) in [7, 11) is 0. The van der Waals surface area contributed by atoms with Gasteiger partial charge in [-0.25, -0.2) is 4.98 Å². The van der Waals surface area contributed by atoms with Crippen LogP contribution in [0.2, 0.25) is 0 Å². The number of thiophene rings is 1. The third-order valence-electron chi connectivity index (χ3n) is 4.37. The van der Waals surface area contributed by atoms with Gasteiger partial charge in [-0.2, -0.15) is 11.3 Å². The van der Waals surface area contributed by atoms with E-state index in [0.29, 0.717) is 5.92 Å². The van der Waals surface area contributed by atoms with E-state index in [1.807, 2.05) is 0 Å². The molecule has 1 aromatic carbocycles. The van der Waals surface area contributed by atoms with E-state index in [0.717, 1.165) is 30.3 Å². The molecule has 1 aliphatic heterocycles. The van der Waals surface area contributed by atoms with Crippen molar-refractivity contribution in [1.29, 1.82) is 0 Å². The lowest BCUT2D eigenvalue weighted by molar-refractivity contribution is 0.320. The van der Waals surface area contributed by atoms with Crippen LogP contribution in [0.25, 0.3) is 10.6 Å². The summed E-state index contributed by atoms with van der Waals surface area (Å²) in [4.78, 5) is 7.21. The number of benzene rings is 1.